The van der Waals surface area contributed by atoms with Crippen LogP contribution >= 0.6 is 0 Å². The molecule has 16 heavy (non-hydrogen) atoms. The first-order valence-electron chi connectivity index (χ1n) is 4.80. The van der Waals surface area contributed by atoms with Gasteiger partial charge in [-0.3, -0.25) is 0 Å². The Kier molecular flexibility index (Phi) is 7.79. The molecular weight excluding hydrogens is 212 g/mol. The molecule has 90 valence electrons. The van der Waals surface area contributed by atoms with Gasteiger partial charge >= 0.3 is 11.9 Å². The fourth-order valence-electron chi connectivity index (χ4n) is 0.757. The molecule has 0 radical (unpaired) electrons. The average Bonchev–Trinajstić information content (AvgIpc) is 2.31. The van der Waals surface area contributed by atoms with Crippen molar-refractivity contribution < 1.29 is 23.8 Å². The van der Waals surface area contributed by atoms with Crippen LogP contribution in [0.5, 0.6) is 0 Å². The fourth-order valence-corrected chi connectivity index (χ4v) is 0.757. The van der Waals surface area contributed by atoms with Gasteiger partial charge < -0.3 is 14.2 Å². The summed E-state index contributed by atoms with van der Waals surface area (Å²) in [6.07, 6.45) is 1.90. The first kappa shape index (κ1) is 14.4. The molecule has 0 rings (SSSR count). The van der Waals surface area contributed by atoms with Crippen molar-refractivity contribution in [2.45, 2.75) is 13.0 Å². The molecule has 0 aromatic heterocycles. The zero-order valence-corrected chi connectivity index (χ0v) is 9.31. The maximum atomic E-state index is 10.7. The van der Waals surface area contributed by atoms with Gasteiger partial charge in [-0.25, -0.2) is 9.59 Å². The summed E-state index contributed by atoms with van der Waals surface area (Å²) in [7, 11) is 0. The third-order valence-corrected chi connectivity index (χ3v) is 1.52. The molecule has 0 saturated heterocycles. The van der Waals surface area contributed by atoms with Crippen molar-refractivity contribution in [1.29, 1.82) is 0 Å². The molecule has 5 heteroatoms. The van der Waals surface area contributed by atoms with Gasteiger partial charge in [0.15, 0.2) is 0 Å². The summed E-state index contributed by atoms with van der Waals surface area (Å²) in [5.74, 6) is -0.983. The SMILES string of the molecule is C=CC(=O)OCCOC(C)COC(=O)C=C. The van der Waals surface area contributed by atoms with Crippen molar-refractivity contribution in [3.05, 3.63) is 25.3 Å². The molecule has 0 aliphatic carbocycles. The van der Waals surface area contributed by atoms with Crippen molar-refractivity contribution in [1.82, 2.24) is 0 Å². The molecule has 1 unspecified atom stereocenters. The lowest BCUT2D eigenvalue weighted by molar-refractivity contribution is -0.143. The lowest BCUT2D eigenvalue weighted by atomic mass is 10.4. The van der Waals surface area contributed by atoms with E-state index in [0.29, 0.717) is 0 Å². The molecule has 0 aliphatic rings. The predicted molar refractivity (Wildman–Crippen MR) is 57.7 cm³/mol. The average molecular weight is 228 g/mol. The van der Waals surface area contributed by atoms with Crippen molar-refractivity contribution in [3.8, 4) is 0 Å². The van der Waals surface area contributed by atoms with Crippen LogP contribution in [0.4, 0.5) is 0 Å². The highest BCUT2D eigenvalue weighted by Crippen LogP contribution is 1.93. The Morgan fingerprint density at radius 1 is 1.12 bits per heavy atom. The molecule has 0 spiro atoms. The number of esters is 2. The maximum Gasteiger partial charge on any atom is 0.330 e. The zero-order valence-electron chi connectivity index (χ0n) is 9.31. The normalized spacial score (nSPS) is 11.3. The van der Waals surface area contributed by atoms with Gasteiger partial charge in [0, 0.05) is 12.2 Å². The summed E-state index contributed by atoms with van der Waals surface area (Å²) in [4.78, 5) is 21.3. The summed E-state index contributed by atoms with van der Waals surface area (Å²) in [5.41, 5.74) is 0. The first-order valence-corrected chi connectivity index (χ1v) is 4.80. The van der Waals surface area contributed by atoms with E-state index in [0.717, 1.165) is 12.2 Å². The van der Waals surface area contributed by atoms with Crippen LogP contribution in [-0.4, -0.2) is 37.9 Å². The second-order valence-electron chi connectivity index (χ2n) is 2.89. The van der Waals surface area contributed by atoms with Crippen LogP contribution in [-0.2, 0) is 23.8 Å². The van der Waals surface area contributed by atoms with E-state index in [1.807, 2.05) is 0 Å². The van der Waals surface area contributed by atoms with Crippen LogP contribution in [0.2, 0.25) is 0 Å². The van der Waals surface area contributed by atoms with E-state index in [2.05, 4.69) is 17.9 Å². The van der Waals surface area contributed by atoms with Gasteiger partial charge in [0.25, 0.3) is 0 Å². The van der Waals surface area contributed by atoms with E-state index in [9.17, 15) is 9.59 Å². The molecule has 0 aliphatic heterocycles. The molecule has 0 aromatic carbocycles. The molecule has 0 heterocycles. The lowest BCUT2D eigenvalue weighted by Crippen LogP contribution is -2.20. The van der Waals surface area contributed by atoms with E-state index in [1.165, 1.54) is 0 Å². The summed E-state index contributed by atoms with van der Waals surface area (Å²) >= 11 is 0. The third-order valence-electron chi connectivity index (χ3n) is 1.52. The summed E-state index contributed by atoms with van der Waals surface area (Å²) < 4.78 is 14.6. The third kappa shape index (κ3) is 7.75. The van der Waals surface area contributed by atoms with Gasteiger partial charge in [-0.15, -0.1) is 0 Å². The van der Waals surface area contributed by atoms with E-state index in [1.54, 1.807) is 6.92 Å². The van der Waals surface area contributed by atoms with Crippen molar-refractivity contribution >= 4 is 11.9 Å². The minimum atomic E-state index is -0.492. The van der Waals surface area contributed by atoms with Gasteiger partial charge in [0.2, 0.25) is 0 Å². The number of carbonyl (C=O) groups excluding carboxylic acids is 2. The Morgan fingerprint density at radius 3 is 2.25 bits per heavy atom. The Bertz CT molecular complexity index is 259. The molecule has 0 aromatic rings. The van der Waals surface area contributed by atoms with Crippen molar-refractivity contribution in [2.24, 2.45) is 0 Å². The van der Waals surface area contributed by atoms with Crippen molar-refractivity contribution in [2.75, 3.05) is 19.8 Å². The van der Waals surface area contributed by atoms with Gasteiger partial charge in [0.05, 0.1) is 12.7 Å². The van der Waals surface area contributed by atoms with Gasteiger partial charge in [-0.05, 0) is 6.92 Å². The van der Waals surface area contributed by atoms with E-state index in [-0.39, 0.29) is 25.9 Å². The van der Waals surface area contributed by atoms with Crippen LogP contribution in [0, 0.1) is 0 Å². The van der Waals surface area contributed by atoms with E-state index < -0.39 is 11.9 Å². The molecule has 5 nitrogen and oxygen atoms in total. The van der Waals surface area contributed by atoms with Crippen LogP contribution in [0.15, 0.2) is 25.3 Å². The van der Waals surface area contributed by atoms with Crippen LogP contribution in [0.1, 0.15) is 6.92 Å². The Balaban J connectivity index is 3.46. The minimum Gasteiger partial charge on any atom is -0.460 e. The molecule has 1 atom stereocenters. The molecule has 0 N–H and O–H groups in total. The summed E-state index contributed by atoms with van der Waals surface area (Å²) in [5, 5.41) is 0. The van der Waals surface area contributed by atoms with Gasteiger partial charge in [-0.2, -0.15) is 0 Å². The highest BCUT2D eigenvalue weighted by atomic mass is 16.6. The molecule has 0 fully saturated rings. The number of ether oxygens (including phenoxy) is 3. The minimum absolute atomic E-state index is 0.139. The Labute approximate surface area is 94.7 Å². The molecular formula is C11H16O5. The predicted octanol–water partition coefficient (Wildman–Crippen LogP) is 0.850. The number of rotatable bonds is 8. The lowest BCUT2D eigenvalue weighted by Gasteiger charge is -2.12. The standard InChI is InChI=1S/C11H16O5/c1-4-10(12)15-7-6-14-9(3)8-16-11(13)5-2/h4-5,9H,1-2,6-8H2,3H3. The quantitative estimate of drug-likeness (QED) is 0.350. The highest BCUT2D eigenvalue weighted by Gasteiger charge is 2.05. The van der Waals surface area contributed by atoms with E-state index in [4.69, 9.17) is 9.47 Å². The molecule has 0 saturated carbocycles. The Morgan fingerprint density at radius 2 is 1.69 bits per heavy atom. The highest BCUT2D eigenvalue weighted by molar-refractivity contribution is 5.81. The van der Waals surface area contributed by atoms with Crippen LogP contribution in [0.3, 0.4) is 0 Å². The van der Waals surface area contributed by atoms with Crippen LogP contribution in [0.25, 0.3) is 0 Å². The second kappa shape index (κ2) is 8.67. The largest absolute Gasteiger partial charge is 0.460 e. The number of hydrogen-bond donors (Lipinski definition) is 0. The fraction of sp³-hybridized carbons (Fsp3) is 0.455. The molecule has 0 bridgehead atoms. The van der Waals surface area contributed by atoms with Crippen LogP contribution < -0.4 is 0 Å². The van der Waals surface area contributed by atoms with Gasteiger partial charge in [-0.1, -0.05) is 13.2 Å². The number of carbonyl (C=O) groups is 2. The monoisotopic (exact) mass is 228 g/mol. The first-order chi connectivity index (χ1) is 7.60. The zero-order chi connectivity index (χ0) is 12.4. The summed E-state index contributed by atoms with van der Waals surface area (Å²) in [6.45, 7) is 8.78. The van der Waals surface area contributed by atoms with E-state index >= 15 is 0 Å². The molecule has 0 amide bonds. The Hall–Kier alpha value is -1.62. The summed E-state index contributed by atoms with van der Waals surface area (Å²) in [6, 6.07) is 0. The van der Waals surface area contributed by atoms with Gasteiger partial charge in [0.1, 0.15) is 13.2 Å². The second-order valence-corrected chi connectivity index (χ2v) is 2.89. The number of hydrogen-bond acceptors (Lipinski definition) is 5. The smallest absolute Gasteiger partial charge is 0.330 e. The maximum absolute atomic E-state index is 10.7. The topological polar surface area (TPSA) is 61.8 Å². The van der Waals surface area contributed by atoms with Crippen molar-refractivity contribution in [3.63, 3.8) is 0 Å².